The van der Waals surface area contributed by atoms with Crippen molar-refractivity contribution in [1.82, 2.24) is 19.9 Å². The van der Waals surface area contributed by atoms with E-state index in [4.69, 9.17) is 4.74 Å². The average molecular weight is 469 g/mol. The monoisotopic (exact) mass is 468 g/mol. The molecule has 0 bridgehead atoms. The zero-order valence-corrected chi connectivity index (χ0v) is 19.0. The van der Waals surface area contributed by atoms with Gasteiger partial charge in [-0.1, -0.05) is 12.1 Å². The molecule has 164 valence electrons. The predicted molar refractivity (Wildman–Crippen MR) is 124 cm³/mol. The molecule has 0 radical (unpaired) electrons. The Morgan fingerprint density at radius 1 is 1.22 bits per heavy atom. The van der Waals surface area contributed by atoms with Gasteiger partial charge in [0.05, 0.1) is 20.6 Å². The molecule has 1 aliphatic heterocycles. The number of fused-ring (bicyclic) bond motifs is 3. The number of carbonyl (C=O) groups excluding carboxylic acids is 2. The van der Waals surface area contributed by atoms with Gasteiger partial charge in [-0.15, -0.1) is 22.7 Å². The molecule has 0 saturated heterocycles. The third kappa shape index (κ3) is 3.80. The van der Waals surface area contributed by atoms with E-state index in [1.54, 1.807) is 22.8 Å². The van der Waals surface area contributed by atoms with Crippen LogP contribution in [-0.4, -0.2) is 39.6 Å². The Balaban J connectivity index is 1.18. The van der Waals surface area contributed by atoms with Crippen LogP contribution in [0.2, 0.25) is 0 Å². The van der Waals surface area contributed by atoms with E-state index in [9.17, 15) is 14.4 Å². The van der Waals surface area contributed by atoms with E-state index < -0.39 is 5.97 Å². The highest BCUT2D eigenvalue weighted by molar-refractivity contribution is 7.20. The second-order valence-electron chi connectivity index (χ2n) is 7.58. The highest BCUT2D eigenvalue weighted by Crippen LogP contribution is 2.29. The fourth-order valence-corrected chi connectivity index (χ4v) is 5.90. The van der Waals surface area contributed by atoms with Crippen molar-refractivity contribution in [1.29, 1.82) is 0 Å². The molecule has 1 N–H and O–H groups in total. The van der Waals surface area contributed by atoms with Crippen molar-refractivity contribution >= 4 is 55.0 Å². The molecule has 0 unspecified atom stereocenters. The van der Waals surface area contributed by atoms with Gasteiger partial charge in [0.15, 0.2) is 6.61 Å². The van der Waals surface area contributed by atoms with Crippen LogP contribution in [0.1, 0.15) is 32.5 Å². The van der Waals surface area contributed by atoms with Crippen LogP contribution in [-0.2, 0) is 28.9 Å². The summed E-state index contributed by atoms with van der Waals surface area (Å²) in [6.45, 7) is 2.40. The van der Waals surface area contributed by atoms with Gasteiger partial charge in [0.2, 0.25) is 0 Å². The van der Waals surface area contributed by atoms with Gasteiger partial charge < -0.3 is 10.1 Å². The maximum absolute atomic E-state index is 12.7. The van der Waals surface area contributed by atoms with Gasteiger partial charge in [-0.05, 0) is 31.0 Å². The number of ether oxygens (including phenoxy) is 1. The molecule has 32 heavy (non-hydrogen) atoms. The van der Waals surface area contributed by atoms with Crippen LogP contribution < -0.4 is 10.9 Å². The van der Waals surface area contributed by atoms with Crippen molar-refractivity contribution in [2.45, 2.75) is 32.7 Å². The zero-order chi connectivity index (χ0) is 22.2. The van der Waals surface area contributed by atoms with Crippen LogP contribution in [0, 0.1) is 6.92 Å². The smallest absolute Gasteiger partial charge is 0.349 e. The Labute approximate surface area is 190 Å². The minimum absolute atomic E-state index is 0.108. The standard InChI is InChI=1S/C22H20N4O4S2/c1-12-18-20(25-15-7-4-10-26(15)21(18)28)32-19(12)22(29)30-11-16(27)23-9-8-17-24-13-5-2-3-6-14(13)31-17/h2-3,5-6H,4,7-11H2,1H3,(H,23,27). The number of nitrogens with zero attached hydrogens (tertiary/aromatic N) is 3. The van der Waals surface area contributed by atoms with Crippen molar-refractivity contribution in [2.75, 3.05) is 13.2 Å². The number of aromatic nitrogens is 3. The van der Waals surface area contributed by atoms with E-state index in [0.717, 1.165) is 45.2 Å². The molecular formula is C22H20N4O4S2. The molecule has 0 aliphatic carbocycles. The van der Waals surface area contributed by atoms with Gasteiger partial charge in [0.25, 0.3) is 11.5 Å². The van der Waals surface area contributed by atoms with E-state index in [-0.39, 0.29) is 18.1 Å². The molecular weight excluding hydrogens is 448 g/mol. The molecule has 1 aliphatic rings. The fourth-order valence-electron chi connectivity index (χ4n) is 3.85. The van der Waals surface area contributed by atoms with E-state index in [1.807, 2.05) is 24.3 Å². The summed E-state index contributed by atoms with van der Waals surface area (Å²) in [5.41, 5.74) is 1.40. The quantitative estimate of drug-likeness (QED) is 0.437. The first-order valence-corrected chi connectivity index (χ1v) is 12.0. The molecule has 0 spiro atoms. The van der Waals surface area contributed by atoms with Gasteiger partial charge in [-0.25, -0.2) is 14.8 Å². The van der Waals surface area contributed by atoms with Crippen LogP contribution in [0.25, 0.3) is 20.4 Å². The van der Waals surface area contributed by atoms with Crippen molar-refractivity contribution in [3.05, 3.63) is 55.9 Å². The topological polar surface area (TPSA) is 103 Å². The summed E-state index contributed by atoms with van der Waals surface area (Å²) in [5, 5.41) is 4.16. The third-order valence-corrected chi connectivity index (χ3v) is 7.69. The minimum Gasteiger partial charge on any atom is -0.451 e. The molecule has 8 nitrogen and oxygen atoms in total. The van der Waals surface area contributed by atoms with Crippen molar-refractivity contribution < 1.29 is 14.3 Å². The lowest BCUT2D eigenvalue weighted by Crippen LogP contribution is -2.30. The van der Waals surface area contributed by atoms with Crippen molar-refractivity contribution in [3.8, 4) is 0 Å². The van der Waals surface area contributed by atoms with E-state index in [2.05, 4.69) is 15.3 Å². The van der Waals surface area contributed by atoms with Crippen LogP contribution >= 0.6 is 22.7 Å². The number of amides is 1. The summed E-state index contributed by atoms with van der Waals surface area (Å²) in [6.07, 6.45) is 2.27. The van der Waals surface area contributed by atoms with Crippen LogP contribution in [0.4, 0.5) is 0 Å². The largest absolute Gasteiger partial charge is 0.451 e. The van der Waals surface area contributed by atoms with Gasteiger partial charge in [0, 0.05) is 25.9 Å². The number of thiazole rings is 1. The number of thiophene rings is 1. The lowest BCUT2D eigenvalue weighted by Gasteiger charge is -2.05. The first kappa shape index (κ1) is 20.8. The first-order chi connectivity index (χ1) is 15.5. The van der Waals surface area contributed by atoms with Crippen LogP contribution in [0.3, 0.4) is 0 Å². The molecule has 0 fully saturated rings. The number of hydrogen-bond acceptors (Lipinski definition) is 8. The number of carbonyl (C=O) groups is 2. The number of esters is 1. The number of hydrogen-bond donors (Lipinski definition) is 1. The number of benzene rings is 1. The van der Waals surface area contributed by atoms with Gasteiger partial charge in [-0.3, -0.25) is 14.2 Å². The first-order valence-electron chi connectivity index (χ1n) is 10.3. The highest BCUT2D eigenvalue weighted by Gasteiger charge is 2.24. The fraction of sp³-hybridized carbons (Fsp3) is 0.318. The van der Waals surface area contributed by atoms with Gasteiger partial charge >= 0.3 is 5.97 Å². The van der Waals surface area contributed by atoms with E-state index in [0.29, 0.717) is 40.2 Å². The summed E-state index contributed by atoms with van der Waals surface area (Å²) in [4.78, 5) is 47.4. The lowest BCUT2D eigenvalue weighted by molar-refractivity contribution is -0.124. The molecule has 4 heterocycles. The summed E-state index contributed by atoms with van der Waals surface area (Å²) in [6, 6.07) is 7.89. The number of rotatable bonds is 6. The summed E-state index contributed by atoms with van der Waals surface area (Å²) in [7, 11) is 0. The Hall–Kier alpha value is -3.11. The Morgan fingerprint density at radius 3 is 2.91 bits per heavy atom. The van der Waals surface area contributed by atoms with E-state index >= 15 is 0 Å². The summed E-state index contributed by atoms with van der Waals surface area (Å²) in [5.74, 6) is -0.233. The third-order valence-electron chi connectivity index (χ3n) is 5.43. The van der Waals surface area contributed by atoms with Crippen molar-refractivity contribution in [3.63, 3.8) is 0 Å². The molecule has 10 heteroatoms. The Kier molecular flexibility index (Phi) is 5.48. The number of nitrogens with one attached hydrogen (secondary N) is 1. The molecule has 3 aromatic heterocycles. The molecule has 1 amide bonds. The Morgan fingerprint density at radius 2 is 2.06 bits per heavy atom. The molecule has 0 atom stereocenters. The molecule has 5 rings (SSSR count). The average Bonchev–Trinajstić information content (AvgIpc) is 3.49. The predicted octanol–water partition coefficient (Wildman–Crippen LogP) is 2.84. The Bertz CT molecular complexity index is 1390. The normalized spacial score (nSPS) is 12.9. The lowest BCUT2D eigenvalue weighted by atomic mass is 10.2. The number of para-hydroxylation sites is 1. The summed E-state index contributed by atoms with van der Waals surface area (Å²) >= 11 is 2.74. The highest BCUT2D eigenvalue weighted by atomic mass is 32.1. The van der Waals surface area contributed by atoms with Crippen LogP contribution in [0.5, 0.6) is 0 Å². The van der Waals surface area contributed by atoms with Gasteiger partial charge in [-0.2, -0.15) is 0 Å². The zero-order valence-electron chi connectivity index (χ0n) is 17.3. The van der Waals surface area contributed by atoms with E-state index in [1.165, 1.54) is 0 Å². The second kappa shape index (κ2) is 8.44. The SMILES string of the molecule is Cc1c(C(=O)OCC(=O)NCCc2nc3ccccc3s2)sc2nc3n(c(=O)c12)CCC3. The minimum atomic E-state index is -0.614. The molecule has 0 saturated carbocycles. The maximum Gasteiger partial charge on any atom is 0.349 e. The summed E-state index contributed by atoms with van der Waals surface area (Å²) < 4.78 is 7.99. The number of aryl methyl sites for hydroxylation is 2. The maximum atomic E-state index is 12.7. The van der Waals surface area contributed by atoms with Crippen LogP contribution in [0.15, 0.2) is 29.1 Å². The van der Waals surface area contributed by atoms with Crippen molar-refractivity contribution in [2.24, 2.45) is 0 Å². The molecule has 4 aromatic rings. The second-order valence-corrected chi connectivity index (χ2v) is 9.69. The van der Waals surface area contributed by atoms with Gasteiger partial charge in [0.1, 0.15) is 15.5 Å². The molecule has 1 aromatic carbocycles.